The molecule has 4 aromatic carbocycles. The number of benzene rings is 4. The summed E-state index contributed by atoms with van der Waals surface area (Å²) in [4.78, 5) is 5.98. The van der Waals surface area contributed by atoms with Crippen LogP contribution in [0.15, 0.2) is 97.1 Å². The van der Waals surface area contributed by atoms with Crippen molar-refractivity contribution in [1.29, 1.82) is 0 Å². The predicted molar refractivity (Wildman–Crippen MR) is 187 cm³/mol. The first kappa shape index (κ1) is 36.7. The van der Waals surface area contributed by atoms with Crippen LogP contribution in [0.2, 0.25) is 0 Å². The number of halogens is 2. The van der Waals surface area contributed by atoms with Crippen LogP contribution >= 0.6 is 24.8 Å². The van der Waals surface area contributed by atoms with Crippen molar-refractivity contribution in [2.24, 2.45) is 0 Å². The van der Waals surface area contributed by atoms with Crippen molar-refractivity contribution < 1.29 is 26.2 Å². The molecule has 5 rings (SSSR count). The maximum Gasteiger partial charge on any atom is 0.0265 e. The number of hydrogen-bond donors (Lipinski definition) is 0. The topological polar surface area (TPSA) is 14.1 Å². The number of fused-ring (bicyclic) bond motifs is 3. The Kier molecular flexibility index (Phi) is 11.6. The summed E-state index contributed by atoms with van der Waals surface area (Å²) < 4.78 is 0. The van der Waals surface area contributed by atoms with Gasteiger partial charge >= 0.3 is 0 Å². The van der Waals surface area contributed by atoms with Crippen molar-refractivity contribution in [3.05, 3.63) is 124 Å². The molecule has 42 heavy (non-hydrogen) atoms. The average molecular weight is 695 g/mol. The molecule has 0 radical (unpaired) electrons. The van der Waals surface area contributed by atoms with E-state index in [1.807, 2.05) is 0 Å². The minimum absolute atomic E-state index is 0. The van der Waals surface area contributed by atoms with E-state index in [1.165, 1.54) is 43.8 Å². The maximum absolute atomic E-state index is 5.98. The quantitative estimate of drug-likeness (QED) is 0.189. The Balaban J connectivity index is 0.00000205. The van der Waals surface area contributed by atoms with E-state index >= 15 is 0 Å². The number of rotatable bonds is 4. The molecule has 4 aromatic rings. The van der Waals surface area contributed by atoms with Crippen molar-refractivity contribution in [2.75, 3.05) is 0 Å². The summed E-state index contributed by atoms with van der Waals surface area (Å²) in [5, 5.41) is 2.74. The molecule has 0 spiro atoms. The molecule has 1 aliphatic rings. The first-order valence-electron chi connectivity index (χ1n) is 14.4. The Morgan fingerprint density at radius 1 is 0.524 bits per heavy atom. The molecule has 0 fully saturated rings. The minimum atomic E-state index is -2.79. The van der Waals surface area contributed by atoms with E-state index in [0.29, 0.717) is 0 Å². The van der Waals surface area contributed by atoms with E-state index in [4.69, 9.17) is 4.98 Å². The molecule has 0 unspecified atom stereocenters. The Morgan fingerprint density at radius 2 is 0.881 bits per heavy atom. The zero-order chi connectivity index (χ0) is 28.2. The van der Waals surface area contributed by atoms with Crippen LogP contribution in [0.3, 0.4) is 0 Å². The SMILES string of the molecule is CC(C)(C)[N-][Si](c1ccccc1)(c1ccccc1)C1c2cc(C(C)(C)C)ccc2-c2ccc(C(C)(C)C)cc21.Cl.Cl.[Zr]. The van der Waals surface area contributed by atoms with Crippen LogP contribution < -0.4 is 10.4 Å². The Labute approximate surface area is 287 Å². The van der Waals surface area contributed by atoms with Gasteiger partial charge in [-0.15, -0.1) is 30.4 Å². The molecule has 1 nitrogen and oxygen atoms in total. The van der Waals surface area contributed by atoms with Crippen LogP contribution in [0.1, 0.15) is 90.1 Å². The summed E-state index contributed by atoms with van der Waals surface area (Å²) in [6, 6.07) is 36.9. The first-order valence-corrected chi connectivity index (χ1v) is 16.4. The third-order valence-electron chi connectivity index (χ3n) is 8.10. The predicted octanol–water partition coefficient (Wildman–Crippen LogP) is 9.71. The fraction of sp³-hybridized carbons (Fsp3) is 0.351. The molecular formula is C37H46Cl2NSiZr-. The van der Waals surface area contributed by atoms with Crippen molar-refractivity contribution in [3.63, 3.8) is 0 Å². The molecule has 0 saturated carbocycles. The van der Waals surface area contributed by atoms with E-state index in [0.717, 1.165) is 0 Å². The van der Waals surface area contributed by atoms with E-state index in [-0.39, 0.29) is 72.9 Å². The zero-order valence-electron chi connectivity index (χ0n) is 26.6. The standard InChI is InChI=1S/C37H44NSi.2ClH.Zr/c1-35(2,3)26-20-22-30-31-23-21-27(36(4,5)6)25-33(31)34(32(30)24-26)39(38-37(7,8)9,28-16-12-10-13-17-28)29-18-14-11-15-19-29;;;/h10-25,34H,1-9H3;2*1H;/q-1;;;. The first-order chi connectivity index (χ1) is 18.2. The second-order valence-corrected chi connectivity index (χ2v) is 17.8. The van der Waals surface area contributed by atoms with E-state index in [9.17, 15) is 0 Å². The molecule has 5 heteroatoms. The van der Waals surface area contributed by atoms with Gasteiger partial charge in [-0.2, -0.15) is 0 Å². The summed E-state index contributed by atoms with van der Waals surface area (Å²) >= 11 is 0. The van der Waals surface area contributed by atoms with Crippen LogP contribution in [0.25, 0.3) is 16.1 Å². The molecular weight excluding hydrogens is 649 g/mol. The normalized spacial score (nSPS) is 13.3. The van der Waals surface area contributed by atoms with E-state index < -0.39 is 8.24 Å². The third-order valence-corrected chi connectivity index (χ3v) is 13.0. The second kappa shape index (κ2) is 13.3. The van der Waals surface area contributed by atoms with Crippen LogP contribution in [-0.4, -0.2) is 13.8 Å². The van der Waals surface area contributed by atoms with Crippen molar-refractivity contribution in [1.82, 2.24) is 0 Å². The summed E-state index contributed by atoms with van der Waals surface area (Å²) in [6.45, 7) is 20.7. The monoisotopic (exact) mass is 692 g/mol. The van der Waals surface area contributed by atoms with Crippen LogP contribution in [0, 0.1) is 0 Å². The fourth-order valence-electron chi connectivity index (χ4n) is 6.25. The largest absolute Gasteiger partial charge is 0.651 e. The van der Waals surface area contributed by atoms with Gasteiger partial charge in [0.2, 0.25) is 0 Å². The smallest absolute Gasteiger partial charge is 0.0265 e. The summed E-state index contributed by atoms with van der Waals surface area (Å²) in [5.41, 5.74) is 8.50. The molecule has 0 bridgehead atoms. The van der Waals surface area contributed by atoms with Gasteiger partial charge < -0.3 is 4.98 Å². The van der Waals surface area contributed by atoms with Gasteiger partial charge in [0.15, 0.2) is 0 Å². The molecule has 0 N–H and O–H groups in total. The minimum Gasteiger partial charge on any atom is -0.651 e. The molecule has 222 valence electrons. The summed E-state index contributed by atoms with van der Waals surface area (Å²) in [5.74, 6) is 0. The summed E-state index contributed by atoms with van der Waals surface area (Å²) in [6.07, 6.45) is 0. The van der Waals surface area contributed by atoms with E-state index in [1.54, 1.807) is 0 Å². The Morgan fingerprint density at radius 3 is 1.19 bits per heavy atom. The molecule has 0 heterocycles. The third kappa shape index (κ3) is 6.92. The van der Waals surface area contributed by atoms with Crippen LogP contribution in [-0.2, 0) is 37.0 Å². The van der Waals surface area contributed by atoms with Gasteiger partial charge in [-0.1, -0.05) is 170 Å². The van der Waals surface area contributed by atoms with Gasteiger partial charge in [0.05, 0.1) is 0 Å². The van der Waals surface area contributed by atoms with E-state index in [2.05, 4.69) is 159 Å². The van der Waals surface area contributed by atoms with Crippen molar-refractivity contribution >= 4 is 43.4 Å². The molecule has 0 saturated heterocycles. The molecule has 0 atom stereocenters. The average Bonchev–Trinajstić information content (AvgIpc) is 3.20. The van der Waals surface area contributed by atoms with Crippen LogP contribution in [0.5, 0.6) is 0 Å². The fourth-order valence-corrected chi connectivity index (χ4v) is 11.5. The van der Waals surface area contributed by atoms with Crippen LogP contribution in [0.4, 0.5) is 0 Å². The summed E-state index contributed by atoms with van der Waals surface area (Å²) in [7, 11) is -2.79. The van der Waals surface area contributed by atoms with Gasteiger partial charge in [0.1, 0.15) is 0 Å². The van der Waals surface area contributed by atoms with Gasteiger partial charge in [-0.05, 0) is 49.8 Å². The Hall–Kier alpha value is -1.48. The van der Waals surface area contributed by atoms with Gasteiger partial charge in [0, 0.05) is 34.4 Å². The number of nitrogens with zero attached hydrogens (tertiary/aromatic N) is 1. The van der Waals surface area contributed by atoms with Gasteiger partial charge in [-0.3, -0.25) is 0 Å². The van der Waals surface area contributed by atoms with Gasteiger partial charge in [0.25, 0.3) is 0 Å². The maximum atomic E-state index is 5.98. The van der Waals surface area contributed by atoms with Gasteiger partial charge in [-0.25, -0.2) is 0 Å². The van der Waals surface area contributed by atoms with Crippen molar-refractivity contribution in [2.45, 2.75) is 84.2 Å². The molecule has 0 amide bonds. The molecule has 0 aromatic heterocycles. The molecule has 1 aliphatic carbocycles. The van der Waals surface area contributed by atoms with Crippen molar-refractivity contribution in [3.8, 4) is 11.1 Å². The second-order valence-electron chi connectivity index (χ2n) is 14.3. The molecule has 0 aliphatic heterocycles. The Bertz CT molecular complexity index is 1380. The zero-order valence-corrected chi connectivity index (χ0v) is 31.7. The number of hydrogen-bond acceptors (Lipinski definition) is 0.